The Bertz CT molecular complexity index is 334. The normalized spacial score (nSPS) is 12.4. The number of rotatable bonds is 6. The highest BCUT2D eigenvalue weighted by molar-refractivity contribution is 5.75. The van der Waals surface area contributed by atoms with E-state index < -0.39 is 0 Å². The zero-order valence-corrected chi connectivity index (χ0v) is 9.81. The van der Waals surface area contributed by atoms with E-state index in [1.54, 1.807) is 18.1 Å². The number of hydrogen-bond acceptors (Lipinski definition) is 4. The van der Waals surface area contributed by atoms with Crippen molar-refractivity contribution in [3.63, 3.8) is 0 Å². The van der Waals surface area contributed by atoms with Crippen LogP contribution in [0.4, 0.5) is 0 Å². The molecule has 1 aromatic rings. The van der Waals surface area contributed by atoms with E-state index in [0.29, 0.717) is 18.8 Å². The van der Waals surface area contributed by atoms with E-state index in [-0.39, 0.29) is 11.9 Å². The summed E-state index contributed by atoms with van der Waals surface area (Å²) in [6.07, 6.45) is 3.81. The van der Waals surface area contributed by atoms with Crippen molar-refractivity contribution < 1.29 is 4.79 Å². The Morgan fingerprint density at radius 2 is 2.44 bits per heavy atom. The van der Waals surface area contributed by atoms with Gasteiger partial charge < -0.3 is 11.1 Å². The quantitative estimate of drug-likeness (QED) is 0.710. The van der Waals surface area contributed by atoms with Gasteiger partial charge in [-0.05, 0) is 19.8 Å². The van der Waals surface area contributed by atoms with E-state index in [9.17, 15) is 4.79 Å². The molecule has 1 heterocycles. The first-order valence-electron chi connectivity index (χ1n) is 5.44. The second kappa shape index (κ2) is 6.22. The summed E-state index contributed by atoms with van der Waals surface area (Å²) in [4.78, 5) is 15.4. The molecule has 1 amide bonds. The van der Waals surface area contributed by atoms with Crippen LogP contribution in [-0.4, -0.2) is 26.7 Å². The molecule has 0 aromatic carbocycles. The summed E-state index contributed by atoms with van der Waals surface area (Å²) in [7, 11) is 1.79. The third-order valence-corrected chi connectivity index (χ3v) is 2.15. The van der Waals surface area contributed by atoms with Crippen LogP contribution in [0.3, 0.4) is 0 Å². The van der Waals surface area contributed by atoms with Crippen molar-refractivity contribution in [2.45, 2.75) is 38.8 Å². The van der Waals surface area contributed by atoms with Crippen LogP contribution in [0.5, 0.6) is 0 Å². The van der Waals surface area contributed by atoms with Crippen LogP contribution in [0.25, 0.3) is 0 Å². The molecule has 1 unspecified atom stereocenters. The van der Waals surface area contributed by atoms with Gasteiger partial charge in [0, 0.05) is 19.5 Å². The van der Waals surface area contributed by atoms with Crippen molar-refractivity contribution in [2.75, 3.05) is 0 Å². The van der Waals surface area contributed by atoms with Crippen molar-refractivity contribution in [3.8, 4) is 0 Å². The van der Waals surface area contributed by atoms with Crippen molar-refractivity contribution in [1.82, 2.24) is 20.1 Å². The van der Waals surface area contributed by atoms with Crippen LogP contribution in [0, 0.1) is 0 Å². The number of aromatic nitrogens is 3. The topological polar surface area (TPSA) is 85.8 Å². The molecule has 1 aromatic heterocycles. The van der Waals surface area contributed by atoms with Crippen molar-refractivity contribution in [2.24, 2.45) is 12.8 Å². The highest BCUT2D eigenvalue weighted by atomic mass is 16.1. The highest BCUT2D eigenvalue weighted by Gasteiger charge is 2.04. The zero-order valence-electron chi connectivity index (χ0n) is 9.81. The molecule has 1 rings (SSSR count). The first-order chi connectivity index (χ1) is 7.58. The van der Waals surface area contributed by atoms with E-state index in [4.69, 9.17) is 5.73 Å². The van der Waals surface area contributed by atoms with Crippen LogP contribution < -0.4 is 11.1 Å². The number of carbonyl (C=O) groups is 1. The van der Waals surface area contributed by atoms with Crippen molar-refractivity contribution in [3.05, 3.63) is 12.2 Å². The summed E-state index contributed by atoms with van der Waals surface area (Å²) in [5.41, 5.74) is 5.59. The van der Waals surface area contributed by atoms with Gasteiger partial charge in [-0.15, -0.1) is 0 Å². The number of nitrogens with zero attached hydrogens (tertiary/aromatic N) is 3. The number of hydrogen-bond donors (Lipinski definition) is 2. The molecule has 16 heavy (non-hydrogen) atoms. The lowest BCUT2D eigenvalue weighted by molar-refractivity contribution is -0.121. The average Bonchev–Trinajstić information content (AvgIpc) is 2.61. The van der Waals surface area contributed by atoms with Crippen molar-refractivity contribution >= 4 is 5.91 Å². The number of amides is 1. The zero-order chi connectivity index (χ0) is 12.0. The first-order valence-corrected chi connectivity index (χ1v) is 5.44. The Kier molecular flexibility index (Phi) is 4.91. The summed E-state index contributed by atoms with van der Waals surface area (Å²) in [5.74, 6) is 0.649. The van der Waals surface area contributed by atoms with Gasteiger partial charge in [0.25, 0.3) is 0 Å². The molecule has 0 radical (unpaired) electrons. The van der Waals surface area contributed by atoms with E-state index in [1.807, 2.05) is 6.92 Å². The minimum absolute atomic E-state index is 0.0214. The summed E-state index contributed by atoms with van der Waals surface area (Å²) in [6.45, 7) is 2.33. The Morgan fingerprint density at radius 1 is 1.69 bits per heavy atom. The molecule has 90 valence electrons. The minimum Gasteiger partial charge on any atom is -0.349 e. The molecule has 0 spiro atoms. The number of nitrogens with one attached hydrogen (secondary N) is 1. The molecule has 0 saturated carbocycles. The molecule has 0 bridgehead atoms. The molecule has 0 aliphatic rings. The molecule has 0 aliphatic heterocycles. The first kappa shape index (κ1) is 12.6. The summed E-state index contributed by atoms with van der Waals surface area (Å²) in [5, 5.41) is 6.83. The van der Waals surface area contributed by atoms with Gasteiger partial charge in [-0.2, -0.15) is 5.10 Å². The SMILES string of the molecule is CC(N)CCCC(=O)NCc1ncn(C)n1. The van der Waals surface area contributed by atoms with Gasteiger partial charge in [-0.25, -0.2) is 4.98 Å². The number of aryl methyl sites for hydroxylation is 1. The Labute approximate surface area is 95.2 Å². The third kappa shape index (κ3) is 4.88. The van der Waals surface area contributed by atoms with Gasteiger partial charge in [0.2, 0.25) is 5.91 Å². The summed E-state index contributed by atoms with van der Waals surface area (Å²) in [6, 6.07) is 0.158. The fraction of sp³-hybridized carbons (Fsp3) is 0.700. The summed E-state index contributed by atoms with van der Waals surface area (Å²) >= 11 is 0. The van der Waals surface area contributed by atoms with Crippen LogP contribution in [0.15, 0.2) is 6.33 Å². The predicted octanol–water partition coefficient (Wildman–Crippen LogP) is -0.0512. The number of carbonyl (C=O) groups excluding carboxylic acids is 1. The van der Waals surface area contributed by atoms with Gasteiger partial charge in [0.1, 0.15) is 6.33 Å². The third-order valence-electron chi connectivity index (χ3n) is 2.15. The number of nitrogens with two attached hydrogens (primary N) is 1. The largest absolute Gasteiger partial charge is 0.349 e. The lowest BCUT2D eigenvalue weighted by Gasteiger charge is -2.04. The Morgan fingerprint density at radius 3 is 3.00 bits per heavy atom. The Hall–Kier alpha value is -1.43. The molecule has 3 N–H and O–H groups in total. The molecule has 0 aliphatic carbocycles. The molecule has 1 atom stereocenters. The molecule has 6 nitrogen and oxygen atoms in total. The molecule has 0 saturated heterocycles. The molecule has 6 heteroatoms. The van der Waals surface area contributed by atoms with Crippen LogP contribution in [0.1, 0.15) is 32.0 Å². The lowest BCUT2D eigenvalue weighted by Crippen LogP contribution is -2.24. The maximum atomic E-state index is 11.4. The molecular weight excluding hydrogens is 206 g/mol. The van der Waals surface area contributed by atoms with E-state index in [2.05, 4.69) is 15.4 Å². The predicted molar refractivity (Wildman–Crippen MR) is 60.4 cm³/mol. The van der Waals surface area contributed by atoms with Gasteiger partial charge in [-0.3, -0.25) is 9.48 Å². The van der Waals surface area contributed by atoms with Gasteiger partial charge in [-0.1, -0.05) is 0 Å². The molecule has 0 fully saturated rings. The second-order valence-electron chi connectivity index (χ2n) is 3.98. The van der Waals surface area contributed by atoms with E-state index in [0.717, 1.165) is 12.8 Å². The standard InChI is InChI=1S/C10H19N5O/c1-8(11)4-3-5-10(16)12-6-9-13-7-15(2)14-9/h7-8H,3-6,11H2,1-2H3,(H,12,16). The van der Waals surface area contributed by atoms with Crippen LogP contribution >= 0.6 is 0 Å². The monoisotopic (exact) mass is 225 g/mol. The van der Waals surface area contributed by atoms with Gasteiger partial charge >= 0.3 is 0 Å². The average molecular weight is 225 g/mol. The minimum atomic E-state index is 0.0214. The van der Waals surface area contributed by atoms with Gasteiger partial charge in [0.15, 0.2) is 5.82 Å². The highest BCUT2D eigenvalue weighted by Crippen LogP contribution is 1.98. The van der Waals surface area contributed by atoms with Crippen LogP contribution in [0.2, 0.25) is 0 Å². The lowest BCUT2D eigenvalue weighted by atomic mass is 10.1. The van der Waals surface area contributed by atoms with E-state index in [1.165, 1.54) is 0 Å². The van der Waals surface area contributed by atoms with Crippen LogP contribution in [-0.2, 0) is 18.4 Å². The fourth-order valence-electron chi connectivity index (χ4n) is 1.32. The smallest absolute Gasteiger partial charge is 0.220 e. The maximum Gasteiger partial charge on any atom is 0.220 e. The Balaban J connectivity index is 2.15. The molecular formula is C10H19N5O. The maximum absolute atomic E-state index is 11.4. The van der Waals surface area contributed by atoms with E-state index >= 15 is 0 Å². The summed E-state index contributed by atoms with van der Waals surface area (Å²) < 4.78 is 1.61. The van der Waals surface area contributed by atoms with Gasteiger partial charge in [0.05, 0.1) is 6.54 Å². The van der Waals surface area contributed by atoms with Crippen molar-refractivity contribution in [1.29, 1.82) is 0 Å². The second-order valence-corrected chi connectivity index (χ2v) is 3.98. The fourth-order valence-corrected chi connectivity index (χ4v) is 1.32.